The smallest absolute Gasteiger partial charge is 0.303 e. The van der Waals surface area contributed by atoms with E-state index in [0.717, 1.165) is 33.4 Å². The number of rotatable bonds is 9. The number of nitrogens with zero attached hydrogens (tertiary/aromatic N) is 2. The molecule has 1 aliphatic rings. The third-order valence-electron chi connectivity index (χ3n) is 5.37. The van der Waals surface area contributed by atoms with E-state index >= 15 is 0 Å². The fraction of sp³-hybridized carbons (Fsp3) is 0.348. The molecule has 0 saturated carbocycles. The van der Waals surface area contributed by atoms with E-state index < -0.39 is 5.97 Å². The number of likely N-dealkylation sites (tertiary alicyclic amines) is 1. The quantitative estimate of drug-likeness (QED) is 0.474. The molecule has 3 aromatic rings. The van der Waals surface area contributed by atoms with Gasteiger partial charge < -0.3 is 19.3 Å². The lowest BCUT2D eigenvalue weighted by Gasteiger charge is -2.23. The Labute approximate surface area is 194 Å². The van der Waals surface area contributed by atoms with Gasteiger partial charge in [-0.25, -0.2) is 0 Å². The van der Waals surface area contributed by atoms with Crippen LogP contribution < -0.4 is 4.74 Å². The molecule has 4 rings (SSSR count). The second-order valence-electron chi connectivity index (χ2n) is 7.67. The molecular weight excluding hydrogens is 452 g/mol. The molecule has 2 aromatic heterocycles. The van der Waals surface area contributed by atoms with Crippen LogP contribution in [-0.4, -0.2) is 33.6 Å². The van der Waals surface area contributed by atoms with E-state index in [9.17, 15) is 9.59 Å². The Morgan fingerprint density at radius 1 is 1.25 bits per heavy atom. The molecular formula is C23H23ClN2O5S. The van der Waals surface area contributed by atoms with Gasteiger partial charge in [-0.05, 0) is 42.7 Å². The number of thiophene rings is 1. The van der Waals surface area contributed by atoms with E-state index in [1.807, 2.05) is 41.3 Å². The third kappa shape index (κ3) is 5.69. The molecule has 1 atom stereocenters. The van der Waals surface area contributed by atoms with Crippen molar-refractivity contribution in [1.29, 1.82) is 0 Å². The van der Waals surface area contributed by atoms with Crippen molar-refractivity contribution >= 4 is 34.8 Å². The summed E-state index contributed by atoms with van der Waals surface area (Å²) in [5.74, 6) is 0.417. The van der Waals surface area contributed by atoms with Gasteiger partial charge in [0, 0.05) is 23.9 Å². The summed E-state index contributed by atoms with van der Waals surface area (Å²) in [4.78, 5) is 26.6. The number of benzene rings is 1. The van der Waals surface area contributed by atoms with Crippen molar-refractivity contribution < 1.29 is 24.0 Å². The van der Waals surface area contributed by atoms with E-state index in [2.05, 4.69) is 5.16 Å². The van der Waals surface area contributed by atoms with E-state index in [-0.39, 0.29) is 24.8 Å². The lowest BCUT2D eigenvalue weighted by Crippen LogP contribution is -2.32. The predicted octanol–water partition coefficient (Wildman–Crippen LogP) is 4.89. The van der Waals surface area contributed by atoms with Crippen LogP contribution >= 0.6 is 22.9 Å². The highest BCUT2D eigenvalue weighted by atomic mass is 35.5. The zero-order valence-electron chi connectivity index (χ0n) is 17.3. The molecule has 7 nitrogen and oxygen atoms in total. The minimum Gasteiger partial charge on any atom is -0.488 e. The summed E-state index contributed by atoms with van der Waals surface area (Å²) in [5.41, 5.74) is 1.60. The molecule has 1 aromatic carbocycles. The van der Waals surface area contributed by atoms with Crippen LogP contribution in [-0.2, 0) is 29.0 Å². The van der Waals surface area contributed by atoms with Crippen LogP contribution in [0.1, 0.15) is 47.2 Å². The van der Waals surface area contributed by atoms with Crippen LogP contribution in [0, 0.1) is 0 Å². The number of aliphatic carboxylic acids is 1. The van der Waals surface area contributed by atoms with Crippen LogP contribution in [0.2, 0.25) is 4.34 Å². The first-order valence-electron chi connectivity index (χ1n) is 10.4. The first kappa shape index (κ1) is 22.4. The molecule has 1 aliphatic heterocycles. The number of halogens is 1. The predicted molar refractivity (Wildman–Crippen MR) is 120 cm³/mol. The molecule has 0 spiro atoms. The van der Waals surface area contributed by atoms with Crippen molar-refractivity contribution in [2.45, 2.75) is 44.8 Å². The highest BCUT2D eigenvalue weighted by molar-refractivity contribution is 7.16. The summed E-state index contributed by atoms with van der Waals surface area (Å²) in [6.07, 6.45) is 2.28. The van der Waals surface area contributed by atoms with Crippen molar-refractivity contribution in [3.05, 3.63) is 68.7 Å². The second-order valence-corrected chi connectivity index (χ2v) is 9.47. The Kier molecular flexibility index (Phi) is 7.12. The lowest BCUT2D eigenvalue weighted by atomic mass is 10.1. The molecule has 1 amide bonds. The van der Waals surface area contributed by atoms with Crippen molar-refractivity contribution in [2.24, 2.45) is 0 Å². The van der Waals surface area contributed by atoms with Crippen molar-refractivity contribution in [1.82, 2.24) is 10.1 Å². The number of carboxylic acids is 1. The summed E-state index contributed by atoms with van der Waals surface area (Å²) in [7, 11) is 0. The maximum Gasteiger partial charge on any atom is 0.303 e. The number of hydrogen-bond donors (Lipinski definition) is 1. The van der Waals surface area contributed by atoms with Gasteiger partial charge >= 0.3 is 5.97 Å². The molecule has 1 saturated heterocycles. The van der Waals surface area contributed by atoms with Gasteiger partial charge in [0.15, 0.2) is 0 Å². The van der Waals surface area contributed by atoms with Gasteiger partial charge in [-0.1, -0.05) is 28.9 Å². The van der Waals surface area contributed by atoms with Crippen molar-refractivity contribution in [3.8, 4) is 5.75 Å². The molecule has 0 bridgehead atoms. The van der Waals surface area contributed by atoms with Gasteiger partial charge in [-0.2, -0.15) is 0 Å². The highest BCUT2D eigenvalue weighted by Crippen LogP contribution is 2.32. The summed E-state index contributed by atoms with van der Waals surface area (Å²) in [6, 6.07) is 13.0. The van der Waals surface area contributed by atoms with Gasteiger partial charge in [-0.15, -0.1) is 11.3 Å². The Morgan fingerprint density at radius 2 is 2.06 bits per heavy atom. The minimum atomic E-state index is -0.882. The number of carboxylic acid groups (broad SMARTS) is 1. The fourth-order valence-corrected chi connectivity index (χ4v) is 4.77. The average Bonchev–Trinajstić information content (AvgIpc) is 3.52. The summed E-state index contributed by atoms with van der Waals surface area (Å²) < 4.78 is 11.8. The average molecular weight is 475 g/mol. The number of aryl methyl sites for hydroxylation is 1. The fourth-order valence-electron chi connectivity index (χ4n) is 3.77. The maximum atomic E-state index is 13.0. The van der Waals surface area contributed by atoms with Crippen LogP contribution in [0.25, 0.3) is 0 Å². The molecule has 168 valence electrons. The first-order valence-corrected chi connectivity index (χ1v) is 11.6. The molecule has 1 unspecified atom stereocenters. The summed E-state index contributed by atoms with van der Waals surface area (Å²) in [6.45, 7) is 1.13. The van der Waals surface area contributed by atoms with E-state index in [1.54, 1.807) is 6.07 Å². The number of carbonyl (C=O) groups is 2. The minimum absolute atomic E-state index is 0.0112. The topological polar surface area (TPSA) is 92.9 Å². The van der Waals surface area contributed by atoms with Gasteiger partial charge in [0.2, 0.25) is 5.91 Å². The third-order valence-corrected chi connectivity index (χ3v) is 6.57. The van der Waals surface area contributed by atoms with E-state index in [1.165, 1.54) is 11.3 Å². The van der Waals surface area contributed by atoms with Crippen molar-refractivity contribution in [3.63, 3.8) is 0 Å². The first-order chi connectivity index (χ1) is 15.5. The highest BCUT2D eigenvalue weighted by Gasteiger charge is 2.32. The molecule has 3 heterocycles. The van der Waals surface area contributed by atoms with Crippen molar-refractivity contribution in [2.75, 3.05) is 6.54 Å². The van der Waals surface area contributed by atoms with Crippen LogP contribution in [0.5, 0.6) is 5.75 Å². The maximum absolute atomic E-state index is 13.0. The Balaban J connectivity index is 1.33. The SMILES string of the molecule is O=C(O)CCc1cc(C2CCCN2C(=O)Cc2ccc(OCc3ccc(Cl)s3)cc2)no1. The number of ether oxygens (including phenoxy) is 1. The largest absolute Gasteiger partial charge is 0.488 e. The Bertz CT molecular complexity index is 1080. The zero-order chi connectivity index (χ0) is 22.5. The second kappa shape index (κ2) is 10.2. The number of carbonyl (C=O) groups excluding carboxylic acids is 1. The molecule has 0 aliphatic carbocycles. The molecule has 1 fully saturated rings. The molecule has 32 heavy (non-hydrogen) atoms. The molecule has 0 radical (unpaired) electrons. The van der Waals surface area contributed by atoms with Crippen LogP contribution in [0.15, 0.2) is 47.0 Å². The number of amides is 1. The van der Waals surface area contributed by atoms with Gasteiger partial charge in [0.05, 0.1) is 23.2 Å². The lowest BCUT2D eigenvalue weighted by molar-refractivity contribution is -0.137. The molecule has 9 heteroatoms. The van der Waals surface area contributed by atoms with Gasteiger partial charge in [0.25, 0.3) is 0 Å². The zero-order valence-corrected chi connectivity index (χ0v) is 18.9. The standard InChI is InChI=1S/C23H23ClN2O5S/c24-21-9-8-18(32-21)14-30-16-5-3-15(4-6-16)12-22(27)26-11-1-2-20(26)19-13-17(31-25-19)7-10-23(28)29/h3-6,8-9,13,20H,1-2,7,10-12,14H2,(H,28,29). The van der Waals surface area contributed by atoms with E-state index in [4.69, 9.17) is 26.0 Å². The van der Waals surface area contributed by atoms with E-state index in [0.29, 0.717) is 31.0 Å². The molecule has 1 N–H and O–H groups in total. The Hall–Kier alpha value is -2.84. The van der Waals surface area contributed by atoms with Gasteiger partial charge in [0.1, 0.15) is 23.8 Å². The Morgan fingerprint density at radius 3 is 2.78 bits per heavy atom. The number of hydrogen-bond acceptors (Lipinski definition) is 6. The van der Waals surface area contributed by atoms with Crippen LogP contribution in [0.3, 0.4) is 0 Å². The van der Waals surface area contributed by atoms with Gasteiger partial charge in [-0.3, -0.25) is 9.59 Å². The van der Waals surface area contributed by atoms with Crippen LogP contribution in [0.4, 0.5) is 0 Å². The summed E-state index contributed by atoms with van der Waals surface area (Å²) in [5, 5.41) is 12.9. The monoisotopic (exact) mass is 474 g/mol. The number of aromatic nitrogens is 1. The summed E-state index contributed by atoms with van der Waals surface area (Å²) >= 11 is 7.43. The normalized spacial score (nSPS) is 15.8.